The minimum absolute atomic E-state index is 0.0284. The van der Waals surface area contributed by atoms with Gasteiger partial charge in [0, 0.05) is 69.5 Å². The zero-order valence-corrected chi connectivity index (χ0v) is 47.5. The van der Waals surface area contributed by atoms with Crippen molar-refractivity contribution in [2.45, 2.75) is 96.7 Å². The van der Waals surface area contributed by atoms with E-state index in [1.54, 1.807) is 28.8 Å². The van der Waals surface area contributed by atoms with Gasteiger partial charge in [-0.3, -0.25) is 24.5 Å². The number of rotatable bonds is 25. The van der Waals surface area contributed by atoms with Crippen LogP contribution in [0.2, 0.25) is 5.02 Å². The number of halogens is 3. The van der Waals surface area contributed by atoms with Gasteiger partial charge in [-0.1, -0.05) is 69.3 Å². The summed E-state index contributed by atoms with van der Waals surface area (Å²) >= 11 is 8.16. The molecule has 5 atom stereocenters. The number of likely N-dealkylation sites (tertiary alicyclic amines) is 2. The number of piperidine rings is 1. The lowest BCUT2D eigenvalue weighted by Gasteiger charge is -2.36. The molecule has 3 aromatic carbocycles. The maximum Gasteiger partial charge on any atom is 0.245 e. The van der Waals surface area contributed by atoms with Gasteiger partial charge in [0.05, 0.1) is 90.2 Å². The molecule has 7 rings (SSSR count). The second kappa shape index (κ2) is 28.0. The average molecular weight is 1150 g/mol. The minimum atomic E-state index is -1.24. The zero-order valence-electron chi connectivity index (χ0n) is 46.0. The summed E-state index contributed by atoms with van der Waals surface area (Å²) in [6.45, 7) is 14.9. The number of hydrogen-bond donors (Lipinski definition) is 6. The predicted molar refractivity (Wildman–Crippen MR) is 301 cm³/mol. The third-order valence-corrected chi connectivity index (χ3v) is 15.6. The van der Waals surface area contributed by atoms with Crippen molar-refractivity contribution in [3.8, 4) is 27.3 Å². The molecule has 0 radical (unpaired) electrons. The second-order valence-electron chi connectivity index (χ2n) is 21.1. The van der Waals surface area contributed by atoms with Crippen molar-refractivity contribution >= 4 is 63.4 Å². The Labute approximate surface area is 473 Å². The highest BCUT2D eigenvalue weighted by molar-refractivity contribution is 7.13. The molecule has 0 aliphatic carbocycles. The number of anilines is 1. The monoisotopic (exact) mass is 1150 g/mol. The molecule has 0 bridgehead atoms. The Bertz CT molecular complexity index is 2960. The number of fused-ring (bicyclic) bond motifs is 1. The highest BCUT2D eigenvalue weighted by Crippen LogP contribution is 2.43. The van der Waals surface area contributed by atoms with Crippen LogP contribution in [-0.4, -0.2) is 172 Å². The Morgan fingerprint density at radius 1 is 1.00 bits per heavy atom. The van der Waals surface area contributed by atoms with E-state index in [0.717, 1.165) is 27.8 Å². The van der Waals surface area contributed by atoms with Gasteiger partial charge in [-0.05, 0) is 67.5 Å². The maximum absolute atomic E-state index is 16.5. The van der Waals surface area contributed by atoms with Gasteiger partial charge in [0.15, 0.2) is 5.82 Å². The standard InChI is InChI=1S/C57H72ClF2N9O10S/c1-8-45(73)68-20-17-36(18-21-68)50-39-29-40(58)47(48-41(59)10-9-11-43(48)71)49(60)51(39)66-56(65-50)61-19-16-46(74)67(7)22-23-77-24-25-78-26-27-79-31-44(72)64-53(57(4,5)6)55(76)69-30-38(70)28-42(69)54(75)63-33(2)35-12-14-37(15-13-35)52-34(3)62-32-80-52/h8-15,29,32-33,36,38,42,44,53,64,70-72H,1,16-28,30-31H2,2-7H3,(H,63,75)(H,61,65,66)/t33-,38+,42-,44?,53+/m0/s1. The summed E-state index contributed by atoms with van der Waals surface area (Å²) < 4.78 is 48.5. The van der Waals surface area contributed by atoms with Gasteiger partial charge in [0.2, 0.25) is 29.6 Å². The number of nitrogens with zero attached hydrogens (tertiary/aromatic N) is 6. The molecule has 5 aromatic rings. The summed E-state index contributed by atoms with van der Waals surface area (Å²) in [5.41, 5.74) is 3.54. The topological polar surface area (TPSA) is 241 Å². The van der Waals surface area contributed by atoms with Crippen LogP contribution in [0.3, 0.4) is 0 Å². The number of aliphatic hydroxyl groups excluding tert-OH is 2. The number of thiazole rings is 1. The van der Waals surface area contributed by atoms with Crippen molar-refractivity contribution < 1.29 is 57.5 Å². The fraction of sp³-hybridized carbons (Fsp3) is 0.491. The Morgan fingerprint density at radius 2 is 1.69 bits per heavy atom. The Morgan fingerprint density at radius 3 is 2.34 bits per heavy atom. The Balaban J connectivity index is 0.811. The van der Waals surface area contributed by atoms with Gasteiger partial charge < -0.3 is 54.9 Å². The molecule has 6 N–H and O–H groups in total. The van der Waals surface area contributed by atoms with Gasteiger partial charge in [-0.25, -0.2) is 23.7 Å². The number of likely N-dealkylation sites (N-methyl/N-ethyl adjacent to an activating group) is 1. The van der Waals surface area contributed by atoms with E-state index in [1.807, 2.05) is 58.9 Å². The van der Waals surface area contributed by atoms with Crippen LogP contribution in [0.1, 0.15) is 82.3 Å². The van der Waals surface area contributed by atoms with Crippen molar-refractivity contribution in [3.05, 3.63) is 100 Å². The number of hydrogen-bond acceptors (Lipinski definition) is 16. The molecular formula is C57H72ClF2N9O10S. The molecule has 1 unspecified atom stereocenters. The lowest BCUT2D eigenvalue weighted by atomic mass is 9.85. The number of nitrogens with one attached hydrogen (secondary N) is 3. The molecule has 0 saturated carbocycles. The van der Waals surface area contributed by atoms with Crippen molar-refractivity contribution in [1.29, 1.82) is 0 Å². The fourth-order valence-corrected chi connectivity index (χ4v) is 10.9. The van der Waals surface area contributed by atoms with Crippen LogP contribution in [0.25, 0.3) is 32.5 Å². The van der Waals surface area contributed by atoms with E-state index < -0.39 is 58.7 Å². The predicted octanol–water partition coefficient (Wildman–Crippen LogP) is 6.73. The van der Waals surface area contributed by atoms with Crippen LogP contribution in [0.4, 0.5) is 14.7 Å². The number of phenols is 1. The number of benzene rings is 3. The van der Waals surface area contributed by atoms with Crippen LogP contribution in [0, 0.1) is 24.0 Å². The van der Waals surface area contributed by atoms with Gasteiger partial charge >= 0.3 is 0 Å². The van der Waals surface area contributed by atoms with Gasteiger partial charge in [0.1, 0.15) is 29.4 Å². The first-order valence-electron chi connectivity index (χ1n) is 26.7. The summed E-state index contributed by atoms with van der Waals surface area (Å²) in [5.74, 6) is -3.74. The molecule has 23 heteroatoms. The smallest absolute Gasteiger partial charge is 0.245 e. The molecule has 2 fully saturated rings. The molecule has 4 amide bonds. The molecule has 432 valence electrons. The first-order chi connectivity index (χ1) is 38.2. The summed E-state index contributed by atoms with van der Waals surface area (Å²) in [6.07, 6.45) is 0.240. The zero-order chi connectivity index (χ0) is 57.8. The number of aliphatic hydroxyl groups is 2. The van der Waals surface area contributed by atoms with E-state index in [2.05, 4.69) is 32.5 Å². The van der Waals surface area contributed by atoms with Crippen molar-refractivity contribution in [1.82, 2.24) is 40.3 Å². The maximum atomic E-state index is 16.5. The highest BCUT2D eigenvalue weighted by atomic mass is 35.5. The number of aryl methyl sites for hydroxylation is 1. The van der Waals surface area contributed by atoms with Crippen molar-refractivity contribution in [2.24, 2.45) is 5.41 Å². The van der Waals surface area contributed by atoms with Gasteiger partial charge in [-0.2, -0.15) is 0 Å². The van der Waals surface area contributed by atoms with E-state index in [9.17, 15) is 34.5 Å². The van der Waals surface area contributed by atoms with Crippen LogP contribution in [0.15, 0.2) is 66.7 Å². The SMILES string of the molecule is C=CC(=O)N1CCC(c2nc(NCCC(=O)N(C)CCOCCOCCOCC(O)N[C@H](C(=O)N3C[C@H](O)C[C@H]3C(=O)N[C@@H](C)c3ccc(-c4scnc4C)cc3)C(C)(C)C)nc3c(F)c(-c4c(O)cccc4F)c(Cl)cc23)CC1. The molecular weight excluding hydrogens is 1080 g/mol. The number of ether oxygens (including phenoxy) is 3. The van der Waals surface area contributed by atoms with Crippen LogP contribution in [0.5, 0.6) is 5.75 Å². The summed E-state index contributed by atoms with van der Waals surface area (Å²) in [5, 5.41) is 41.3. The largest absolute Gasteiger partial charge is 0.507 e. The molecule has 2 aliphatic heterocycles. The molecule has 0 spiro atoms. The van der Waals surface area contributed by atoms with Gasteiger partial charge in [0.25, 0.3) is 0 Å². The number of β-amino-alcohol motifs (C(OH)–C–C–N with tert-alkyl or cyclic N) is 1. The number of carbonyl (C=O) groups is 4. The first-order valence-corrected chi connectivity index (χ1v) is 28.0. The number of amides is 4. The lowest BCUT2D eigenvalue weighted by Crippen LogP contribution is -2.59. The van der Waals surface area contributed by atoms with Gasteiger partial charge in [-0.15, -0.1) is 11.3 Å². The first kappa shape index (κ1) is 61.4. The quantitative estimate of drug-likeness (QED) is 0.0202. The van der Waals surface area contributed by atoms with Crippen LogP contribution in [-0.2, 0) is 33.4 Å². The Hall–Kier alpha value is -6.24. The van der Waals surface area contributed by atoms with Crippen LogP contribution >= 0.6 is 22.9 Å². The molecule has 2 saturated heterocycles. The van der Waals surface area contributed by atoms with Crippen LogP contribution < -0.4 is 16.0 Å². The van der Waals surface area contributed by atoms with E-state index >= 15 is 8.78 Å². The van der Waals surface area contributed by atoms with E-state index in [0.29, 0.717) is 37.0 Å². The number of aromatic nitrogens is 3. The van der Waals surface area contributed by atoms with E-state index in [1.165, 1.54) is 34.1 Å². The molecule has 4 heterocycles. The summed E-state index contributed by atoms with van der Waals surface area (Å²) in [6, 6.07) is 10.7. The molecule has 2 aliphatic rings. The number of aromatic hydroxyl groups is 1. The third-order valence-electron chi connectivity index (χ3n) is 14.3. The van der Waals surface area contributed by atoms with Crippen molar-refractivity contribution in [2.75, 3.05) is 84.7 Å². The highest BCUT2D eigenvalue weighted by Gasteiger charge is 2.45. The number of carbonyl (C=O) groups excluding carboxylic acids is 4. The Kier molecular flexibility index (Phi) is 21.5. The number of phenolic OH excluding ortho intramolecular Hbond substituents is 1. The van der Waals surface area contributed by atoms with Crippen molar-refractivity contribution in [3.63, 3.8) is 0 Å². The summed E-state index contributed by atoms with van der Waals surface area (Å²) in [7, 11) is 1.64. The normalized spacial score (nSPS) is 17.1. The minimum Gasteiger partial charge on any atom is -0.507 e. The van der Waals surface area contributed by atoms with E-state index in [4.69, 9.17) is 30.8 Å². The molecule has 19 nitrogen and oxygen atoms in total. The average Bonchev–Trinajstić information content (AvgIpc) is 4.08. The lowest BCUT2D eigenvalue weighted by molar-refractivity contribution is -0.144. The van der Waals surface area contributed by atoms with E-state index in [-0.39, 0.29) is 124 Å². The molecule has 80 heavy (non-hydrogen) atoms. The fourth-order valence-electron chi connectivity index (χ4n) is 9.83. The third kappa shape index (κ3) is 15.4. The molecule has 2 aromatic heterocycles. The second-order valence-corrected chi connectivity index (χ2v) is 22.4. The summed E-state index contributed by atoms with van der Waals surface area (Å²) in [4.78, 5) is 72.4.